The Bertz CT molecular complexity index is 311. The van der Waals surface area contributed by atoms with E-state index in [0.717, 1.165) is 30.3 Å². The van der Waals surface area contributed by atoms with E-state index in [1.807, 2.05) is 0 Å². The summed E-state index contributed by atoms with van der Waals surface area (Å²) in [7, 11) is 0. The highest BCUT2D eigenvalue weighted by molar-refractivity contribution is 4.93. The van der Waals surface area contributed by atoms with Crippen molar-refractivity contribution in [3.8, 4) is 0 Å². The van der Waals surface area contributed by atoms with Crippen LogP contribution in [0.25, 0.3) is 0 Å². The molecule has 0 aromatic rings. The molecule has 21 heavy (non-hydrogen) atoms. The molecule has 4 atom stereocenters. The van der Waals surface area contributed by atoms with Gasteiger partial charge in [0.05, 0.1) is 0 Å². The zero-order valence-electron chi connectivity index (χ0n) is 15.1. The fraction of sp³-hybridized carbons (Fsp3) is 1.00. The molecule has 0 aromatic heterocycles. The standard InChI is InChI=1S/C19H38N2/c1-6-19(7-2)9-10-21(14-19)13-17-16(5)11-15(4)12-18(17)20-8-3/h15-18,20H,6-14H2,1-5H3. The van der Waals surface area contributed by atoms with Crippen LogP contribution in [-0.4, -0.2) is 37.1 Å². The van der Waals surface area contributed by atoms with Crippen molar-refractivity contribution in [2.24, 2.45) is 23.2 Å². The summed E-state index contributed by atoms with van der Waals surface area (Å²) in [5, 5.41) is 3.79. The number of nitrogens with zero attached hydrogens (tertiary/aromatic N) is 1. The van der Waals surface area contributed by atoms with Gasteiger partial charge in [-0.2, -0.15) is 0 Å². The van der Waals surface area contributed by atoms with Gasteiger partial charge >= 0.3 is 0 Å². The number of nitrogens with one attached hydrogen (secondary N) is 1. The van der Waals surface area contributed by atoms with Crippen LogP contribution in [0.1, 0.15) is 66.7 Å². The van der Waals surface area contributed by atoms with Gasteiger partial charge in [-0.3, -0.25) is 0 Å². The number of rotatable bonds is 6. The Hall–Kier alpha value is -0.0800. The lowest BCUT2D eigenvalue weighted by atomic mass is 9.72. The third-order valence-corrected chi connectivity index (χ3v) is 6.63. The summed E-state index contributed by atoms with van der Waals surface area (Å²) < 4.78 is 0. The van der Waals surface area contributed by atoms with Gasteiger partial charge in [0.1, 0.15) is 0 Å². The predicted molar refractivity (Wildman–Crippen MR) is 92.6 cm³/mol. The molecule has 124 valence electrons. The molecule has 1 heterocycles. The topological polar surface area (TPSA) is 15.3 Å². The van der Waals surface area contributed by atoms with E-state index >= 15 is 0 Å². The van der Waals surface area contributed by atoms with Crippen LogP contribution in [0, 0.1) is 23.2 Å². The van der Waals surface area contributed by atoms with E-state index in [0.29, 0.717) is 5.41 Å². The lowest BCUT2D eigenvalue weighted by Gasteiger charge is -2.42. The molecule has 0 radical (unpaired) electrons. The van der Waals surface area contributed by atoms with Crippen molar-refractivity contribution >= 4 is 0 Å². The van der Waals surface area contributed by atoms with Crippen LogP contribution in [0.2, 0.25) is 0 Å². The van der Waals surface area contributed by atoms with Crippen LogP contribution < -0.4 is 5.32 Å². The normalized spacial score (nSPS) is 37.0. The molecule has 2 rings (SSSR count). The van der Waals surface area contributed by atoms with Gasteiger partial charge in [0, 0.05) is 19.1 Å². The van der Waals surface area contributed by atoms with E-state index in [9.17, 15) is 0 Å². The largest absolute Gasteiger partial charge is 0.314 e. The predicted octanol–water partition coefficient (Wildman–Crippen LogP) is 4.16. The quantitative estimate of drug-likeness (QED) is 0.791. The summed E-state index contributed by atoms with van der Waals surface area (Å²) in [5.41, 5.74) is 0.624. The maximum Gasteiger partial charge on any atom is 0.0112 e. The molecule has 0 bridgehead atoms. The van der Waals surface area contributed by atoms with E-state index in [1.165, 1.54) is 51.7 Å². The summed E-state index contributed by atoms with van der Waals surface area (Å²) in [5.74, 6) is 2.62. The maximum atomic E-state index is 3.79. The second-order valence-electron chi connectivity index (χ2n) is 8.07. The SMILES string of the molecule is CCNC1CC(C)CC(C)C1CN1CCC(CC)(CC)C1. The van der Waals surface area contributed by atoms with Gasteiger partial charge in [0.2, 0.25) is 0 Å². The molecule has 1 saturated heterocycles. The maximum absolute atomic E-state index is 3.79. The Morgan fingerprint density at radius 1 is 1.10 bits per heavy atom. The van der Waals surface area contributed by atoms with Crippen molar-refractivity contribution < 1.29 is 0 Å². The van der Waals surface area contributed by atoms with Crippen molar-refractivity contribution in [2.45, 2.75) is 72.8 Å². The molecule has 2 heteroatoms. The first kappa shape index (κ1) is 17.3. The van der Waals surface area contributed by atoms with Crippen molar-refractivity contribution in [2.75, 3.05) is 26.2 Å². The van der Waals surface area contributed by atoms with Crippen LogP contribution >= 0.6 is 0 Å². The minimum Gasteiger partial charge on any atom is -0.314 e. The van der Waals surface area contributed by atoms with Gasteiger partial charge in [-0.25, -0.2) is 0 Å². The first-order valence-corrected chi connectivity index (χ1v) is 9.49. The van der Waals surface area contributed by atoms with Crippen LogP contribution in [-0.2, 0) is 0 Å². The molecular weight excluding hydrogens is 256 g/mol. The number of likely N-dealkylation sites (tertiary alicyclic amines) is 1. The summed E-state index contributed by atoms with van der Waals surface area (Å²) in [4.78, 5) is 2.79. The monoisotopic (exact) mass is 294 g/mol. The molecule has 0 aromatic carbocycles. The summed E-state index contributed by atoms with van der Waals surface area (Å²) in [6, 6.07) is 0.743. The number of hydrogen-bond donors (Lipinski definition) is 1. The first-order valence-electron chi connectivity index (χ1n) is 9.49. The molecule has 2 aliphatic rings. The third kappa shape index (κ3) is 4.01. The minimum absolute atomic E-state index is 0.624. The van der Waals surface area contributed by atoms with Crippen molar-refractivity contribution in [1.29, 1.82) is 0 Å². The van der Waals surface area contributed by atoms with E-state index in [1.54, 1.807) is 0 Å². The van der Waals surface area contributed by atoms with Gasteiger partial charge in [0.25, 0.3) is 0 Å². The van der Waals surface area contributed by atoms with E-state index in [-0.39, 0.29) is 0 Å². The average Bonchev–Trinajstić information content (AvgIpc) is 2.87. The molecule has 2 fully saturated rings. The van der Waals surface area contributed by atoms with Gasteiger partial charge < -0.3 is 10.2 Å². The molecular formula is C19H38N2. The zero-order chi connectivity index (χ0) is 15.5. The van der Waals surface area contributed by atoms with Gasteiger partial charge in [0.15, 0.2) is 0 Å². The van der Waals surface area contributed by atoms with Gasteiger partial charge in [-0.15, -0.1) is 0 Å². The Kier molecular flexibility index (Phi) is 6.14. The van der Waals surface area contributed by atoms with Gasteiger partial charge in [-0.1, -0.05) is 34.6 Å². The Morgan fingerprint density at radius 3 is 2.38 bits per heavy atom. The van der Waals surface area contributed by atoms with E-state index in [2.05, 4.69) is 44.8 Å². The summed E-state index contributed by atoms with van der Waals surface area (Å²) in [6.07, 6.45) is 6.93. The fourth-order valence-corrected chi connectivity index (χ4v) is 5.02. The van der Waals surface area contributed by atoms with Crippen LogP contribution in [0.4, 0.5) is 0 Å². The molecule has 2 nitrogen and oxygen atoms in total. The molecule has 1 aliphatic carbocycles. The van der Waals surface area contributed by atoms with E-state index < -0.39 is 0 Å². The first-order chi connectivity index (χ1) is 10.0. The second kappa shape index (κ2) is 7.46. The van der Waals surface area contributed by atoms with Crippen molar-refractivity contribution in [3.63, 3.8) is 0 Å². The Balaban J connectivity index is 1.96. The fourth-order valence-electron chi connectivity index (χ4n) is 5.02. The average molecular weight is 295 g/mol. The Labute approximate surface area is 133 Å². The summed E-state index contributed by atoms with van der Waals surface area (Å²) in [6.45, 7) is 17.1. The molecule has 1 aliphatic heterocycles. The molecule has 0 spiro atoms. The number of hydrogen-bond acceptors (Lipinski definition) is 2. The molecule has 1 N–H and O–H groups in total. The lowest BCUT2D eigenvalue weighted by molar-refractivity contribution is 0.105. The third-order valence-electron chi connectivity index (χ3n) is 6.63. The van der Waals surface area contributed by atoms with Crippen LogP contribution in [0.3, 0.4) is 0 Å². The van der Waals surface area contributed by atoms with Crippen LogP contribution in [0.5, 0.6) is 0 Å². The Morgan fingerprint density at radius 2 is 1.81 bits per heavy atom. The van der Waals surface area contributed by atoms with Crippen LogP contribution in [0.15, 0.2) is 0 Å². The molecule has 4 unspecified atom stereocenters. The molecule has 1 saturated carbocycles. The lowest BCUT2D eigenvalue weighted by Crippen LogP contribution is -2.49. The van der Waals surface area contributed by atoms with Gasteiger partial charge in [-0.05, 0) is 68.4 Å². The highest BCUT2D eigenvalue weighted by atomic mass is 15.2. The highest BCUT2D eigenvalue weighted by Crippen LogP contribution is 2.40. The minimum atomic E-state index is 0.624. The van der Waals surface area contributed by atoms with Crippen molar-refractivity contribution in [3.05, 3.63) is 0 Å². The second-order valence-corrected chi connectivity index (χ2v) is 8.07. The smallest absolute Gasteiger partial charge is 0.0112 e. The zero-order valence-corrected chi connectivity index (χ0v) is 15.1. The van der Waals surface area contributed by atoms with E-state index in [4.69, 9.17) is 0 Å². The highest BCUT2D eigenvalue weighted by Gasteiger charge is 2.39. The van der Waals surface area contributed by atoms with Crippen molar-refractivity contribution in [1.82, 2.24) is 10.2 Å². The summed E-state index contributed by atoms with van der Waals surface area (Å²) >= 11 is 0. The molecule has 0 amide bonds.